The van der Waals surface area contributed by atoms with Crippen LogP contribution in [-0.4, -0.2) is 60.6 Å². The van der Waals surface area contributed by atoms with E-state index in [1.165, 1.54) is 18.2 Å². The Bertz CT molecular complexity index is 1260. The molecule has 2 aliphatic heterocycles. The number of carbonyl (C=O) groups is 1. The molecule has 1 atom stereocenters. The fourth-order valence-corrected chi connectivity index (χ4v) is 5.52. The van der Waals surface area contributed by atoms with Gasteiger partial charge in [-0.05, 0) is 68.6 Å². The molecule has 1 aromatic heterocycles. The Balaban J connectivity index is 1.39. The van der Waals surface area contributed by atoms with E-state index in [2.05, 4.69) is 20.3 Å². The number of alkyl halides is 6. The van der Waals surface area contributed by atoms with Gasteiger partial charge < -0.3 is 26.6 Å². The van der Waals surface area contributed by atoms with Crippen LogP contribution in [0.25, 0.3) is 0 Å². The van der Waals surface area contributed by atoms with E-state index in [0.717, 1.165) is 37.8 Å². The number of aliphatic imine (C=N–C) groups is 1. The first-order valence-corrected chi connectivity index (χ1v) is 14.3. The molecule has 0 aliphatic carbocycles. The predicted octanol–water partition coefficient (Wildman–Crippen LogP) is 4.11. The van der Waals surface area contributed by atoms with Crippen LogP contribution in [-0.2, 0) is 23.6 Å². The second kappa shape index (κ2) is 13.7. The van der Waals surface area contributed by atoms with Crippen molar-refractivity contribution >= 4 is 23.5 Å². The summed E-state index contributed by atoms with van der Waals surface area (Å²) >= 11 is 0. The Morgan fingerprint density at radius 3 is 2.26 bits per heavy atom. The summed E-state index contributed by atoms with van der Waals surface area (Å²) in [6, 6.07) is 5.46. The van der Waals surface area contributed by atoms with E-state index in [0.29, 0.717) is 56.9 Å². The molecule has 4 rings (SSSR count). The zero-order valence-electron chi connectivity index (χ0n) is 23.6. The molecule has 15 heteroatoms. The van der Waals surface area contributed by atoms with Gasteiger partial charge in [-0.25, -0.2) is 9.97 Å². The number of piperidine rings is 1. The number of aromatic nitrogens is 2. The van der Waals surface area contributed by atoms with Crippen molar-refractivity contribution in [2.24, 2.45) is 22.4 Å². The number of anilines is 2. The van der Waals surface area contributed by atoms with Crippen LogP contribution in [0.2, 0.25) is 0 Å². The van der Waals surface area contributed by atoms with Gasteiger partial charge in [-0.1, -0.05) is 12.1 Å². The molecule has 236 valence electrons. The second-order valence-corrected chi connectivity index (χ2v) is 10.9. The van der Waals surface area contributed by atoms with Crippen LogP contribution in [0.1, 0.15) is 55.5 Å². The van der Waals surface area contributed by atoms with Crippen LogP contribution in [0.5, 0.6) is 0 Å². The Hall–Kier alpha value is -3.78. The first-order chi connectivity index (χ1) is 20.3. The third-order valence-corrected chi connectivity index (χ3v) is 7.80. The summed E-state index contributed by atoms with van der Waals surface area (Å²) in [4.78, 5) is 28.1. The lowest BCUT2D eigenvalue weighted by Crippen LogP contribution is -2.44. The van der Waals surface area contributed by atoms with Crippen molar-refractivity contribution in [1.29, 1.82) is 0 Å². The molecule has 5 N–H and O–H groups in total. The predicted molar refractivity (Wildman–Crippen MR) is 150 cm³/mol. The van der Waals surface area contributed by atoms with Gasteiger partial charge in [-0.2, -0.15) is 26.3 Å². The molecule has 0 unspecified atom stereocenters. The van der Waals surface area contributed by atoms with Crippen molar-refractivity contribution in [3.63, 3.8) is 0 Å². The highest BCUT2D eigenvalue weighted by molar-refractivity contribution is 5.85. The summed E-state index contributed by atoms with van der Waals surface area (Å²) < 4.78 is 79.9. The van der Waals surface area contributed by atoms with Crippen LogP contribution in [0.15, 0.2) is 35.3 Å². The Kier molecular flexibility index (Phi) is 10.2. The number of carbonyl (C=O) groups excluding carboxylic acids is 1. The minimum absolute atomic E-state index is 0.0390. The second-order valence-electron chi connectivity index (χ2n) is 10.9. The summed E-state index contributed by atoms with van der Waals surface area (Å²) in [6.45, 7) is 2.12. The van der Waals surface area contributed by atoms with Crippen molar-refractivity contribution in [3.05, 3.63) is 47.3 Å². The van der Waals surface area contributed by atoms with Crippen LogP contribution >= 0.6 is 0 Å². The number of nitrogens with one attached hydrogen (secondary N) is 1. The number of nitrogens with two attached hydrogens (primary N) is 2. The summed E-state index contributed by atoms with van der Waals surface area (Å²) in [6.07, 6.45) is -4.58. The lowest BCUT2D eigenvalue weighted by molar-refractivity contribution is -0.144. The Labute approximate surface area is 245 Å². The highest BCUT2D eigenvalue weighted by atomic mass is 19.4. The number of hydrogen-bond donors (Lipinski definition) is 3. The first-order valence-electron chi connectivity index (χ1n) is 14.3. The van der Waals surface area contributed by atoms with E-state index in [9.17, 15) is 31.1 Å². The van der Waals surface area contributed by atoms with Crippen LogP contribution in [0, 0.1) is 5.92 Å². The molecule has 0 saturated carbocycles. The van der Waals surface area contributed by atoms with Gasteiger partial charge in [0.25, 0.3) is 0 Å². The molecule has 1 amide bonds. The number of guanidine groups is 1. The van der Waals surface area contributed by atoms with Gasteiger partial charge in [-0.3, -0.25) is 9.79 Å². The highest BCUT2D eigenvalue weighted by Gasteiger charge is 2.39. The van der Waals surface area contributed by atoms with E-state index in [1.807, 2.05) is 4.90 Å². The monoisotopic (exact) mass is 614 g/mol. The quantitative estimate of drug-likeness (QED) is 0.159. The average Bonchev–Trinajstić information content (AvgIpc) is 3.45. The van der Waals surface area contributed by atoms with Gasteiger partial charge in [0.2, 0.25) is 11.7 Å². The van der Waals surface area contributed by atoms with Gasteiger partial charge in [0, 0.05) is 38.8 Å². The van der Waals surface area contributed by atoms with Crippen molar-refractivity contribution < 1.29 is 31.1 Å². The van der Waals surface area contributed by atoms with Gasteiger partial charge >= 0.3 is 12.4 Å². The number of rotatable bonds is 10. The summed E-state index contributed by atoms with van der Waals surface area (Å²) in [5.41, 5.74) is 10.6. The Morgan fingerprint density at radius 2 is 1.63 bits per heavy atom. The van der Waals surface area contributed by atoms with E-state index in [4.69, 9.17) is 11.5 Å². The zero-order chi connectivity index (χ0) is 31.2. The minimum Gasteiger partial charge on any atom is -0.370 e. The van der Waals surface area contributed by atoms with Crippen molar-refractivity contribution in [3.8, 4) is 0 Å². The highest BCUT2D eigenvalue weighted by Crippen LogP contribution is 2.34. The van der Waals surface area contributed by atoms with Crippen LogP contribution in [0.3, 0.4) is 0 Å². The first kappa shape index (κ1) is 32.1. The molecule has 9 nitrogen and oxygen atoms in total. The third-order valence-electron chi connectivity index (χ3n) is 7.80. The molecular weight excluding hydrogens is 578 g/mol. The average molecular weight is 615 g/mol. The number of nitrogens with zero attached hydrogens (tertiary/aromatic N) is 5. The molecule has 2 aromatic rings. The van der Waals surface area contributed by atoms with Crippen molar-refractivity contribution in [2.75, 3.05) is 42.5 Å². The molecule has 2 saturated heterocycles. The molecule has 0 radical (unpaired) electrons. The molecule has 1 aromatic carbocycles. The number of benzene rings is 1. The van der Waals surface area contributed by atoms with E-state index in [-0.39, 0.29) is 30.0 Å². The molecule has 2 aliphatic rings. The number of amides is 1. The minimum atomic E-state index is -4.77. The van der Waals surface area contributed by atoms with E-state index < -0.39 is 29.8 Å². The molecule has 2 fully saturated rings. The fraction of sp³-hybridized carbons (Fsp3) is 0.571. The van der Waals surface area contributed by atoms with Gasteiger partial charge in [0.1, 0.15) is 17.7 Å². The molecule has 0 bridgehead atoms. The molecule has 3 heterocycles. The lowest BCUT2D eigenvalue weighted by atomic mass is 9.92. The standard InChI is InChI=1S/C28H36F6N8O/c29-27(30,31)20-7-5-19(6-8-20)9-13-37-24(43)21-4-2-14-42(21)23-17-22(39-25(40-23)28(32,33)34)41-15-10-18(11-16-41)3-1-12-38-26(35)36/h5-8,17-18,21H,1-4,9-16H2,(H,37,43)(H4,35,36,38)/t21-/m0/s1. The summed E-state index contributed by atoms with van der Waals surface area (Å²) in [5, 5.41) is 2.77. The van der Waals surface area contributed by atoms with Crippen molar-refractivity contribution in [1.82, 2.24) is 15.3 Å². The van der Waals surface area contributed by atoms with Crippen LogP contribution in [0.4, 0.5) is 38.0 Å². The molecule has 43 heavy (non-hydrogen) atoms. The Morgan fingerprint density at radius 1 is 0.953 bits per heavy atom. The topological polar surface area (TPSA) is 126 Å². The number of halogens is 6. The largest absolute Gasteiger partial charge is 0.451 e. The van der Waals surface area contributed by atoms with Crippen LogP contribution < -0.4 is 26.6 Å². The van der Waals surface area contributed by atoms with E-state index >= 15 is 0 Å². The SMILES string of the molecule is NC(N)=NCCCC1CCN(c2cc(N3CCC[C@H]3C(=O)NCCc3ccc(C(F)(F)F)cc3)nc(C(F)(F)F)n2)CC1. The summed E-state index contributed by atoms with van der Waals surface area (Å²) in [7, 11) is 0. The van der Waals surface area contributed by atoms with Gasteiger partial charge in [0.15, 0.2) is 5.96 Å². The third kappa shape index (κ3) is 8.86. The van der Waals surface area contributed by atoms with Gasteiger partial charge in [0.05, 0.1) is 5.56 Å². The molecule has 0 spiro atoms. The van der Waals surface area contributed by atoms with Gasteiger partial charge in [-0.15, -0.1) is 0 Å². The maximum absolute atomic E-state index is 13.8. The zero-order valence-corrected chi connectivity index (χ0v) is 23.6. The smallest absolute Gasteiger partial charge is 0.370 e. The maximum atomic E-state index is 13.8. The van der Waals surface area contributed by atoms with E-state index in [1.54, 1.807) is 4.90 Å². The lowest BCUT2D eigenvalue weighted by Gasteiger charge is -2.34. The van der Waals surface area contributed by atoms with Crippen molar-refractivity contribution in [2.45, 2.75) is 63.3 Å². The number of hydrogen-bond acceptors (Lipinski definition) is 6. The molecular formula is C28H36F6N8O. The normalized spacial score (nSPS) is 18.1. The summed E-state index contributed by atoms with van der Waals surface area (Å²) in [5.74, 6) is -0.970. The fourth-order valence-electron chi connectivity index (χ4n) is 5.52. The maximum Gasteiger partial charge on any atom is 0.451 e.